The zero-order valence-corrected chi connectivity index (χ0v) is 10.5. The lowest BCUT2D eigenvalue weighted by Crippen LogP contribution is -2.25. The first-order valence-electron chi connectivity index (χ1n) is 5.43. The molecule has 1 aromatic rings. The summed E-state index contributed by atoms with van der Waals surface area (Å²) >= 11 is 0. The maximum atomic E-state index is 13.5. The lowest BCUT2D eigenvalue weighted by molar-refractivity contribution is -0.153. The van der Waals surface area contributed by atoms with Crippen molar-refractivity contribution < 1.29 is 23.8 Å². The van der Waals surface area contributed by atoms with E-state index in [1.165, 1.54) is 12.1 Å². The summed E-state index contributed by atoms with van der Waals surface area (Å²) in [6.07, 6.45) is -0.397. The molecule has 1 rings (SSSR count). The molecule has 0 aliphatic carbocycles. The first-order chi connectivity index (χ1) is 8.20. The Kier molecular flexibility index (Phi) is 4.06. The van der Waals surface area contributed by atoms with E-state index in [-0.39, 0.29) is 11.1 Å². The monoisotopic (exact) mass is 254 g/mol. The number of hydrogen-bond donors (Lipinski definition) is 1. The maximum Gasteiger partial charge on any atom is 0.336 e. The summed E-state index contributed by atoms with van der Waals surface area (Å²) in [5.41, 5.74) is -1.06. The number of carboxylic acid groups (broad SMARTS) is 1. The summed E-state index contributed by atoms with van der Waals surface area (Å²) < 4.78 is 18.6. The second kappa shape index (κ2) is 5.16. The topological polar surface area (TPSA) is 63.6 Å². The summed E-state index contributed by atoms with van der Waals surface area (Å²) in [5, 5.41) is 8.92. The molecule has 1 aromatic carbocycles. The lowest BCUT2D eigenvalue weighted by atomic mass is 10.0. The van der Waals surface area contributed by atoms with Gasteiger partial charge in [-0.05, 0) is 32.9 Å². The molecule has 0 saturated carbocycles. The van der Waals surface area contributed by atoms with Crippen molar-refractivity contribution in [1.82, 2.24) is 0 Å². The van der Waals surface area contributed by atoms with Crippen molar-refractivity contribution in [1.29, 1.82) is 0 Å². The van der Waals surface area contributed by atoms with Gasteiger partial charge in [0, 0.05) is 5.56 Å². The van der Waals surface area contributed by atoms with Gasteiger partial charge in [0.15, 0.2) is 0 Å². The van der Waals surface area contributed by atoms with Crippen LogP contribution in [0.2, 0.25) is 0 Å². The fourth-order valence-electron chi connectivity index (χ4n) is 1.46. The van der Waals surface area contributed by atoms with Gasteiger partial charge in [0.25, 0.3) is 0 Å². The molecule has 18 heavy (non-hydrogen) atoms. The zero-order chi connectivity index (χ0) is 13.9. The van der Waals surface area contributed by atoms with Crippen LogP contribution in [0.3, 0.4) is 0 Å². The van der Waals surface area contributed by atoms with Crippen molar-refractivity contribution in [3.8, 4) is 0 Å². The number of carbonyl (C=O) groups is 2. The number of benzene rings is 1. The Balaban J connectivity index is 2.97. The standard InChI is InChI=1S/C13H15FO4/c1-13(2,3)18-11(15)7-9-8(12(16)17)5-4-6-10(9)14/h4-6H,7H2,1-3H3,(H,16,17). The Morgan fingerprint density at radius 3 is 2.44 bits per heavy atom. The quantitative estimate of drug-likeness (QED) is 0.841. The molecule has 1 N–H and O–H groups in total. The minimum absolute atomic E-state index is 0.153. The molecule has 0 aromatic heterocycles. The van der Waals surface area contributed by atoms with Gasteiger partial charge in [-0.25, -0.2) is 9.18 Å². The Labute approximate surface area is 104 Å². The van der Waals surface area contributed by atoms with Crippen molar-refractivity contribution >= 4 is 11.9 Å². The molecule has 4 nitrogen and oxygen atoms in total. The van der Waals surface area contributed by atoms with Crippen LogP contribution in [0.1, 0.15) is 36.7 Å². The molecule has 0 amide bonds. The second-order valence-corrected chi connectivity index (χ2v) is 4.83. The van der Waals surface area contributed by atoms with Crippen LogP contribution < -0.4 is 0 Å². The van der Waals surface area contributed by atoms with Crippen LogP contribution in [0.4, 0.5) is 4.39 Å². The SMILES string of the molecule is CC(C)(C)OC(=O)Cc1c(F)cccc1C(=O)O. The Morgan fingerprint density at radius 2 is 1.94 bits per heavy atom. The predicted octanol–water partition coefficient (Wildman–Crippen LogP) is 2.41. The fourth-order valence-corrected chi connectivity index (χ4v) is 1.46. The summed E-state index contributed by atoms with van der Waals surface area (Å²) in [5.74, 6) is -2.65. The molecule has 0 heterocycles. The molecular weight excluding hydrogens is 239 g/mol. The van der Waals surface area contributed by atoms with Gasteiger partial charge in [0.05, 0.1) is 12.0 Å². The summed E-state index contributed by atoms with van der Waals surface area (Å²) in [7, 11) is 0. The number of halogens is 1. The van der Waals surface area contributed by atoms with Crippen molar-refractivity contribution in [2.75, 3.05) is 0 Å². The number of hydrogen-bond acceptors (Lipinski definition) is 3. The van der Waals surface area contributed by atoms with E-state index in [1.54, 1.807) is 20.8 Å². The van der Waals surface area contributed by atoms with Crippen LogP contribution in [0.15, 0.2) is 18.2 Å². The first-order valence-corrected chi connectivity index (χ1v) is 5.43. The number of carboxylic acids is 1. The van der Waals surface area contributed by atoms with Gasteiger partial charge < -0.3 is 9.84 Å². The minimum Gasteiger partial charge on any atom is -0.478 e. The third kappa shape index (κ3) is 3.84. The third-order valence-corrected chi connectivity index (χ3v) is 2.09. The molecule has 0 aliphatic rings. The Morgan fingerprint density at radius 1 is 1.33 bits per heavy atom. The highest BCUT2D eigenvalue weighted by Crippen LogP contribution is 2.17. The normalized spacial score (nSPS) is 11.1. The lowest BCUT2D eigenvalue weighted by Gasteiger charge is -2.19. The average molecular weight is 254 g/mol. The second-order valence-electron chi connectivity index (χ2n) is 4.83. The smallest absolute Gasteiger partial charge is 0.336 e. The van der Waals surface area contributed by atoms with Crippen LogP contribution >= 0.6 is 0 Å². The zero-order valence-electron chi connectivity index (χ0n) is 10.5. The number of esters is 1. The van der Waals surface area contributed by atoms with Crippen LogP contribution in [0.5, 0.6) is 0 Å². The van der Waals surface area contributed by atoms with Crippen LogP contribution in [0, 0.1) is 5.82 Å². The number of ether oxygens (including phenoxy) is 1. The number of carbonyl (C=O) groups excluding carboxylic acids is 1. The molecule has 98 valence electrons. The van der Waals surface area contributed by atoms with E-state index in [9.17, 15) is 14.0 Å². The van der Waals surface area contributed by atoms with Gasteiger partial charge in [0.2, 0.25) is 0 Å². The van der Waals surface area contributed by atoms with Gasteiger partial charge >= 0.3 is 11.9 Å². The summed E-state index contributed by atoms with van der Waals surface area (Å²) in [6.45, 7) is 5.05. The number of aromatic carboxylic acids is 1. The van der Waals surface area contributed by atoms with E-state index in [0.717, 1.165) is 6.07 Å². The molecular formula is C13H15FO4. The molecule has 0 unspecified atom stereocenters. The highest BCUT2D eigenvalue weighted by atomic mass is 19.1. The molecule has 0 radical (unpaired) electrons. The molecule has 5 heteroatoms. The van der Waals surface area contributed by atoms with Gasteiger partial charge in [-0.3, -0.25) is 4.79 Å². The van der Waals surface area contributed by atoms with E-state index in [0.29, 0.717) is 0 Å². The molecule has 0 spiro atoms. The van der Waals surface area contributed by atoms with Gasteiger partial charge in [0.1, 0.15) is 11.4 Å². The van der Waals surface area contributed by atoms with Gasteiger partial charge in [-0.15, -0.1) is 0 Å². The number of rotatable bonds is 3. The molecule has 0 aliphatic heterocycles. The van der Waals surface area contributed by atoms with Crippen molar-refractivity contribution in [3.05, 3.63) is 35.1 Å². The fraction of sp³-hybridized carbons (Fsp3) is 0.385. The summed E-state index contributed by atoms with van der Waals surface area (Å²) in [4.78, 5) is 22.5. The van der Waals surface area contributed by atoms with E-state index in [1.807, 2.05) is 0 Å². The molecule has 0 fully saturated rings. The van der Waals surface area contributed by atoms with E-state index >= 15 is 0 Å². The Hall–Kier alpha value is -1.91. The van der Waals surface area contributed by atoms with Crippen LogP contribution in [0.25, 0.3) is 0 Å². The van der Waals surface area contributed by atoms with E-state index < -0.39 is 29.8 Å². The average Bonchev–Trinajstić information content (AvgIpc) is 2.17. The Bertz CT molecular complexity index is 474. The molecule has 0 bridgehead atoms. The highest BCUT2D eigenvalue weighted by Gasteiger charge is 2.21. The van der Waals surface area contributed by atoms with Crippen molar-refractivity contribution in [3.63, 3.8) is 0 Å². The van der Waals surface area contributed by atoms with Gasteiger partial charge in [-0.1, -0.05) is 6.07 Å². The van der Waals surface area contributed by atoms with Crippen molar-refractivity contribution in [2.24, 2.45) is 0 Å². The minimum atomic E-state index is -1.27. The molecule has 0 atom stereocenters. The van der Waals surface area contributed by atoms with E-state index in [2.05, 4.69) is 0 Å². The predicted molar refractivity (Wildman–Crippen MR) is 62.9 cm³/mol. The van der Waals surface area contributed by atoms with Crippen LogP contribution in [-0.4, -0.2) is 22.6 Å². The third-order valence-electron chi connectivity index (χ3n) is 2.09. The van der Waals surface area contributed by atoms with Crippen molar-refractivity contribution in [2.45, 2.75) is 32.8 Å². The first kappa shape index (κ1) is 14.2. The molecule has 0 saturated heterocycles. The maximum absolute atomic E-state index is 13.5. The van der Waals surface area contributed by atoms with Crippen LogP contribution in [-0.2, 0) is 16.0 Å². The van der Waals surface area contributed by atoms with Gasteiger partial charge in [-0.2, -0.15) is 0 Å². The van der Waals surface area contributed by atoms with E-state index in [4.69, 9.17) is 9.84 Å². The largest absolute Gasteiger partial charge is 0.478 e. The summed E-state index contributed by atoms with van der Waals surface area (Å²) in [6, 6.07) is 3.66. The highest BCUT2D eigenvalue weighted by molar-refractivity contribution is 5.91.